The highest BCUT2D eigenvalue weighted by molar-refractivity contribution is 5.81. The molecule has 0 aliphatic heterocycles. The van der Waals surface area contributed by atoms with E-state index in [0.29, 0.717) is 12.5 Å². The molecule has 1 aromatic rings. The minimum atomic E-state index is -0.393. The van der Waals surface area contributed by atoms with Crippen LogP contribution in [0.1, 0.15) is 57.4 Å². The third-order valence-corrected chi connectivity index (χ3v) is 4.16. The molecule has 116 valence electrons. The van der Waals surface area contributed by atoms with E-state index in [-0.39, 0.29) is 5.91 Å². The summed E-state index contributed by atoms with van der Waals surface area (Å²) in [6.07, 6.45) is 7.54. The predicted molar refractivity (Wildman–Crippen MR) is 85.5 cm³/mol. The second-order valence-electron chi connectivity index (χ2n) is 6.02. The number of aryl methyl sites for hydroxylation is 1. The van der Waals surface area contributed by atoms with Gasteiger partial charge in [-0.3, -0.25) is 4.79 Å². The summed E-state index contributed by atoms with van der Waals surface area (Å²) >= 11 is 0. The zero-order chi connectivity index (χ0) is 15.1. The van der Waals surface area contributed by atoms with Crippen molar-refractivity contribution in [3.05, 3.63) is 29.8 Å². The van der Waals surface area contributed by atoms with Crippen LogP contribution in [0.2, 0.25) is 0 Å². The van der Waals surface area contributed by atoms with E-state index < -0.39 is 6.10 Å². The van der Waals surface area contributed by atoms with Crippen LogP contribution in [0.15, 0.2) is 24.3 Å². The molecular weight excluding hydrogens is 262 g/mol. The van der Waals surface area contributed by atoms with E-state index in [9.17, 15) is 4.79 Å². The van der Waals surface area contributed by atoms with E-state index in [1.54, 1.807) is 0 Å². The Morgan fingerprint density at radius 1 is 1.19 bits per heavy atom. The van der Waals surface area contributed by atoms with Crippen molar-refractivity contribution in [2.24, 2.45) is 0 Å². The van der Waals surface area contributed by atoms with E-state index in [2.05, 4.69) is 5.32 Å². The van der Waals surface area contributed by atoms with Gasteiger partial charge in [0, 0.05) is 6.04 Å². The monoisotopic (exact) mass is 289 g/mol. The molecule has 1 atom stereocenters. The maximum Gasteiger partial charge on any atom is 0.261 e. The van der Waals surface area contributed by atoms with E-state index in [0.717, 1.165) is 18.6 Å². The lowest BCUT2D eigenvalue weighted by atomic mass is 10.1. The Labute approximate surface area is 128 Å². The van der Waals surface area contributed by atoms with Crippen LogP contribution in [0.5, 0.6) is 5.75 Å². The van der Waals surface area contributed by atoms with E-state index in [1.165, 1.54) is 31.2 Å². The van der Waals surface area contributed by atoms with Gasteiger partial charge in [-0.2, -0.15) is 0 Å². The first-order valence-electron chi connectivity index (χ1n) is 8.22. The second kappa shape index (κ2) is 8.06. The normalized spacial score (nSPS) is 17.8. The molecular formula is C18H27NO2. The van der Waals surface area contributed by atoms with Crippen molar-refractivity contribution >= 4 is 5.91 Å². The summed E-state index contributed by atoms with van der Waals surface area (Å²) < 4.78 is 5.84. The van der Waals surface area contributed by atoms with Crippen LogP contribution in [0.4, 0.5) is 0 Å². The lowest BCUT2D eigenvalue weighted by molar-refractivity contribution is -0.128. The first-order valence-corrected chi connectivity index (χ1v) is 8.22. The summed E-state index contributed by atoms with van der Waals surface area (Å²) in [6, 6.07) is 8.19. The molecule has 0 aromatic heterocycles. The van der Waals surface area contributed by atoms with Crippen LogP contribution >= 0.6 is 0 Å². The molecule has 1 saturated carbocycles. The van der Waals surface area contributed by atoms with Crippen molar-refractivity contribution in [3.63, 3.8) is 0 Å². The molecule has 0 saturated heterocycles. The van der Waals surface area contributed by atoms with Crippen LogP contribution in [0.3, 0.4) is 0 Å². The topological polar surface area (TPSA) is 38.3 Å². The highest BCUT2D eigenvalue weighted by Gasteiger charge is 2.22. The minimum Gasteiger partial charge on any atom is -0.481 e. The van der Waals surface area contributed by atoms with Crippen molar-refractivity contribution < 1.29 is 9.53 Å². The number of amides is 1. The number of carbonyl (C=O) groups is 1. The van der Waals surface area contributed by atoms with Crippen molar-refractivity contribution in [1.29, 1.82) is 0 Å². The SMILES string of the molecule is CC[C@H](Oc1ccc(C)cc1)C(=O)NC1CCCCCC1. The summed E-state index contributed by atoms with van der Waals surface area (Å²) in [4.78, 5) is 12.4. The van der Waals surface area contributed by atoms with Crippen LogP contribution in [-0.4, -0.2) is 18.1 Å². The van der Waals surface area contributed by atoms with Gasteiger partial charge >= 0.3 is 0 Å². The minimum absolute atomic E-state index is 0.0324. The summed E-state index contributed by atoms with van der Waals surface area (Å²) in [5.41, 5.74) is 1.19. The molecule has 1 aliphatic rings. The van der Waals surface area contributed by atoms with Crippen LogP contribution in [-0.2, 0) is 4.79 Å². The van der Waals surface area contributed by atoms with Gasteiger partial charge in [-0.25, -0.2) is 0 Å². The third-order valence-electron chi connectivity index (χ3n) is 4.16. The zero-order valence-corrected chi connectivity index (χ0v) is 13.2. The van der Waals surface area contributed by atoms with Gasteiger partial charge in [-0.1, -0.05) is 50.3 Å². The van der Waals surface area contributed by atoms with Gasteiger partial charge in [-0.05, 0) is 38.3 Å². The molecule has 1 amide bonds. The molecule has 0 spiro atoms. The molecule has 0 radical (unpaired) electrons. The fraction of sp³-hybridized carbons (Fsp3) is 0.611. The number of hydrogen-bond acceptors (Lipinski definition) is 2. The summed E-state index contributed by atoms with van der Waals surface area (Å²) in [7, 11) is 0. The number of ether oxygens (including phenoxy) is 1. The average Bonchev–Trinajstić information content (AvgIpc) is 2.75. The molecule has 3 heteroatoms. The van der Waals surface area contributed by atoms with Crippen LogP contribution in [0, 0.1) is 6.92 Å². The quantitative estimate of drug-likeness (QED) is 0.832. The molecule has 21 heavy (non-hydrogen) atoms. The molecule has 1 aliphatic carbocycles. The lowest BCUT2D eigenvalue weighted by Gasteiger charge is -2.22. The number of nitrogens with one attached hydrogen (secondary N) is 1. The molecule has 1 fully saturated rings. The second-order valence-corrected chi connectivity index (χ2v) is 6.02. The zero-order valence-electron chi connectivity index (χ0n) is 13.2. The lowest BCUT2D eigenvalue weighted by Crippen LogP contribution is -2.43. The van der Waals surface area contributed by atoms with Gasteiger partial charge in [0.25, 0.3) is 5.91 Å². The van der Waals surface area contributed by atoms with Gasteiger partial charge in [0.1, 0.15) is 5.75 Å². The van der Waals surface area contributed by atoms with E-state index in [4.69, 9.17) is 4.74 Å². The fourth-order valence-electron chi connectivity index (χ4n) is 2.82. The maximum absolute atomic E-state index is 12.4. The van der Waals surface area contributed by atoms with Gasteiger partial charge < -0.3 is 10.1 Å². The Kier molecular flexibility index (Phi) is 6.09. The molecule has 0 heterocycles. The van der Waals surface area contributed by atoms with Gasteiger partial charge in [0.15, 0.2) is 6.10 Å². The number of carbonyl (C=O) groups excluding carboxylic acids is 1. The Morgan fingerprint density at radius 2 is 1.81 bits per heavy atom. The van der Waals surface area contributed by atoms with Crippen LogP contribution < -0.4 is 10.1 Å². The summed E-state index contributed by atoms with van der Waals surface area (Å²) in [5, 5.41) is 3.18. The summed E-state index contributed by atoms with van der Waals surface area (Å²) in [6.45, 7) is 4.03. The average molecular weight is 289 g/mol. The number of rotatable bonds is 5. The maximum atomic E-state index is 12.4. The highest BCUT2D eigenvalue weighted by atomic mass is 16.5. The third kappa shape index (κ3) is 5.07. The first kappa shape index (κ1) is 15.9. The van der Waals surface area contributed by atoms with E-state index in [1.807, 2.05) is 38.1 Å². The predicted octanol–water partition coefficient (Wildman–Crippen LogP) is 3.99. The molecule has 0 bridgehead atoms. The molecule has 1 N–H and O–H groups in total. The van der Waals surface area contributed by atoms with Crippen molar-refractivity contribution in [3.8, 4) is 5.75 Å². The van der Waals surface area contributed by atoms with Gasteiger partial charge in [-0.15, -0.1) is 0 Å². The smallest absolute Gasteiger partial charge is 0.261 e. The highest BCUT2D eigenvalue weighted by Crippen LogP contribution is 2.18. The Balaban J connectivity index is 1.89. The number of hydrogen-bond donors (Lipinski definition) is 1. The Bertz CT molecular complexity index is 433. The number of benzene rings is 1. The fourth-order valence-corrected chi connectivity index (χ4v) is 2.82. The first-order chi connectivity index (χ1) is 10.2. The van der Waals surface area contributed by atoms with Crippen molar-refractivity contribution in [2.75, 3.05) is 0 Å². The Morgan fingerprint density at radius 3 is 2.38 bits per heavy atom. The van der Waals surface area contributed by atoms with Crippen LogP contribution in [0.25, 0.3) is 0 Å². The molecule has 0 unspecified atom stereocenters. The summed E-state index contributed by atoms with van der Waals surface area (Å²) in [5.74, 6) is 0.799. The van der Waals surface area contributed by atoms with Crippen molar-refractivity contribution in [2.45, 2.75) is 70.9 Å². The van der Waals surface area contributed by atoms with Gasteiger partial charge in [0.05, 0.1) is 0 Å². The standard InChI is InChI=1S/C18H27NO2/c1-3-17(21-16-12-10-14(2)11-13-16)18(20)19-15-8-6-4-5-7-9-15/h10-13,15,17H,3-9H2,1-2H3,(H,19,20)/t17-/m0/s1. The van der Waals surface area contributed by atoms with Gasteiger partial charge in [0.2, 0.25) is 0 Å². The Hall–Kier alpha value is -1.51. The molecule has 2 rings (SSSR count). The van der Waals surface area contributed by atoms with E-state index >= 15 is 0 Å². The molecule has 1 aromatic carbocycles. The molecule has 3 nitrogen and oxygen atoms in total. The largest absolute Gasteiger partial charge is 0.481 e. The van der Waals surface area contributed by atoms with Crippen molar-refractivity contribution in [1.82, 2.24) is 5.32 Å².